The summed E-state index contributed by atoms with van der Waals surface area (Å²) < 4.78 is 24.6. The number of piperidine rings is 1. The lowest BCUT2D eigenvalue weighted by molar-refractivity contribution is -0.118. The number of hydrogen-bond acceptors (Lipinski definition) is 5. The molecule has 2 aromatic carbocycles. The molecule has 0 spiro atoms. The van der Waals surface area contributed by atoms with Crippen molar-refractivity contribution < 1.29 is 23.5 Å². The van der Waals surface area contributed by atoms with Gasteiger partial charge in [0.1, 0.15) is 5.82 Å². The first-order valence-electron chi connectivity index (χ1n) is 9.64. The van der Waals surface area contributed by atoms with Gasteiger partial charge in [0, 0.05) is 18.7 Å². The van der Waals surface area contributed by atoms with Crippen molar-refractivity contribution >= 4 is 23.1 Å². The molecule has 1 N–H and O–H groups in total. The molecule has 0 saturated carbocycles. The van der Waals surface area contributed by atoms with Gasteiger partial charge in [0.05, 0.1) is 18.5 Å². The summed E-state index contributed by atoms with van der Waals surface area (Å²) in [5.41, 5.74) is 1.73. The molecule has 1 aliphatic heterocycles. The molecule has 0 atom stereocenters. The van der Waals surface area contributed by atoms with E-state index in [0.717, 1.165) is 31.6 Å². The first-order chi connectivity index (χ1) is 14.0. The van der Waals surface area contributed by atoms with Crippen molar-refractivity contribution in [3.8, 4) is 11.5 Å². The number of carbonyl (C=O) groups is 2. The number of halogens is 1. The molecular weight excluding hydrogens is 375 g/mol. The Labute approximate surface area is 169 Å². The van der Waals surface area contributed by atoms with Crippen LogP contribution in [0.15, 0.2) is 36.4 Å². The zero-order chi connectivity index (χ0) is 20.8. The summed E-state index contributed by atoms with van der Waals surface area (Å²) in [4.78, 5) is 26.1. The summed E-state index contributed by atoms with van der Waals surface area (Å²) in [6.07, 6.45) is 3.32. The average molecular weight is 400 g/mol. The van der Waals surface area contributed by atoms with Crippen LogP contribution in [0, 0.1) is 5.82 Å². The van der Waals surface area contributed by atoms with E-state index in [2.05, 4.69) is 10.2 Å². The van der Waals surface area contributed by atoms with Gasteiger partial charge in [-0.1, -0.05) is 0 Å². The lowest BCUT2D eigenvalue weighted by Crippen LogP contribution is -2.31. The normalized spacial score (nSPS) is 13.7. The number of carbonyl (C=O) groups excluding carboxylic acids is 2. The topological polar surface area (TPSA) is 67.9 Å². The van der Waals surface area contributed by atoms with E-state index in [-0.39, 0.29) is 12.4 Å². The van der Waals surface area contributed by atoms with Crippen molar-refractivity contribution in [2.45, 2.75) is 26.2 Å². The highest BCUT2D eigenvalue weighted by atomic mass is 19.1. The summed E-state index contributed by atoms with van der Waals surface area (Å²) in [6, 6.07) is 9.18. The molecule has 3 rings (SSSR count). The number of methoxy groups -OCH3 is 1. The highest BCUT2D eigenvalue weighted by Gasteiger charge is 2.17. The molecule has 0 unspecified atom stereocenters. The highest BCUT2D eigenvalue weighted by Crippen LogP contribution is 2.30. The van der Waals surface area contributed by atoms with E-state index in [1.54, 1.807) is 24.3 Å². The van der Waals surface area contributed by atoms with Crippen molar-refractivity contribution in [3.63, 3.8) is 0 Å². The van der Waals surface area contributed by atoms with Crippen LogP contribution in [0.3, 0.4) is 0 Å². The summed E-state index contributed by atoms with van der Waals surface area (Å²) >= 11 is 0. The fourth-order valence-corrected chi connectivity index (χ4v) is 3.35. The molecule has 1 heterocycles. The van der Waals surface area contributed by atoms with Gasteiger partial charge in [-0.05, 0) is 62.6 Å². The van der Waals surface area contributed by atoms with E-state index in [4.69, 9.17) is 9.47 Å². The zero-order valence-electron chi connectivity index (χ0n) is 16.7. The molecule has 1 aliphatic rings. The maximum Gasteiger partial charge on any atom is 0.262 e. The maximum absolute atomic E-state index is 13.8. The van der Waals surface area contributed by atoms with Gasteiger partial charge in [0.15, 0.2) is 23.9 Å². The van der Waals surface area contributed by atoms with E-state index < -0.39 is 11.7 Å². The minimum absolute atomic E-state index is 0.0936. The second kappa shape index (κ2) is 9.41. The molecule has 7 heteroatoms. The fraction of sp³-hybridized carbons (Fsp3) is 0.364. The molecule has 29 heavy (non-hydrogen) atoms. The van der Waals surface area contributed by atoms with Gasteiger partial charge in [0.2, 0.25) is 0 Å². The van der Waals surface area contributed by atoms with Gasteiger partial charge in [-0.25, -0.2) is 4.39 Å². The molecule has 154 valence electrons. The number of amides is 1. The van der Waals surface area contributed by atoms with Crippen LogP contribution in [0.1, 0.15) is 36.5 Å². The van der Waals surface area contributed by atoms with Gasteiger partial charge < -0.3 is 19.7 Å². The van der Waals surface area contributed by atoms with E-state index >= 15 is 0 Å². The third-order valence-electron chi connectivity index (χ3n) is 4.86. The van der Waals surface area contributed by atoms with Gasteiger partial charge >= 0.3 is 0 Å². The van der Waals surface area contributed by atoms with E-state index in [1.165, 1.54) is 32.6 Å². The minimum atomic E-state index is -0.413. The number of nitrogens with one attached hydrogen (secondary N) is 1. The molecule has 0 aliphatic carbocycles. The number of ketones is 1. The van der Waals surface area contributed by atoms with Crippen molar-refractivity contribution in [2.24, 2.45) is 0 Å². The Kier molecular flexibility index (Phi) is 6.69. The van der Waals surface area contributed by atoms with Crippen LogP contribution < -0.4 is 19.7 Å². The number of anilines is 2. The van der Waals surface area contributed by atoms with Crippen molar-refractivity contribution in [2.75, 3.05) is 37.0 Å². The van der Waals surface area contributed by atoms with Gasteiger partial charge in [-0.15, -0.1) is 0 Å². The summed E-state index contributed by atoms with van der Waals surface area (Å²) in [6.45, 7) is 2.95. The number of rotatable bonds is 7. The number of nitrogens with zero attached hydrogens (tertiary/aromatic N) is 1. The average Bonchev–Trinajstić information content (AvgIpc) is 2.72. The Hall–Kier alpha value is -3.09. The standard InChI is InChI=1S/C22H25FN2O4/c1-15(26)16-6-9-20(21(12-16)28-2)29-14-22(27)24-18-13-17(23)7-8-19(18)25-10-4-3-5-11-25/h6-9,12-13H,3-5,10-11,14H2,1-2H3,(H,24,27). The Balaban J connectivity index is 1.68. The summed E-state index contributed by atoms with van der Waals surface area (Å²) in [5.74, 6) is -0.202. The van der Waals surface area contributed by atoms with E-state index in [0.29, 0.717) is 22.7 Å². The molecule has 0 radical (unpaired) electrons. The highest BCUT2D eigenvalue weighted by molar-refractivity contribution is 5.96. The van der Waals surface area contributed by atoms with Crippen LogP contribution in [-0.2, 0) is 4.79 Å². The molecule has 1 fully saturated rings. The number of Topliss-reactive ketones (excluding diaryl/α,β-unsaturated/α-hetero) is 1. The van der Waals surface area contributed by atoms with Crippen LogP contribution in [-0.4, -0.2) is 38.5 Å². The first-order valence-corrected chi connectivity index (χ1v) is 9.64. The first kappa shape index (κ1) is 20.6. The third-order valence-corrected chi connectivity index (χ3v) is 4.86. The fourth-order valence-electron chi connectivity index (χ4n) is 3.35. The van der Waals surface area contributed by atoms with E-state index in [1.807, 2.05) is 0 Å². The molecule has 1 saturated heterocycles. The Morgan fingerprint density at radius 3 is 2.52 bits per heavy atom. The predicted molar refractivity (Wildman–Crippen MR) is 110 cm³/mol. The molecular formula is C22H25FN2O4. The molecule has 2 aromatic rings. The molecule has 0 aromatic heterocycles. The summed E-state index contributed by atoms with van der Waals surface area (Å²) in [7, 11) is 1.46. The van der Waals surface area contributed by atoms with Crippen LogP contribution in [0.5, 0.6) is 11.5 Å². The van der Waals surface area contributed by atoms with Crippen molar-refractivity contribution in [1.29, 1.82) is 0 Å². The largest absolute Gasteiger partial charge is 0.493 e. The van der Waals surface area contributed by atoms with Crippen LogP contribution >= 0.6 is 0 Å². The lowest BCUT2D eigenvalue weighted by Gasteiger charge is -2.30. The van der Waals surface area contributed by atoms with E-state index in [9.17, 15) is 14.0 Å². The second-order valence-electron chi connectivity index (χ2n) is 6.97. The monoisotopic (exact) mass is 400 g/mol. The van der Waals surface area contributed by atoms with Gasteiger partial charge in [-0.2, -0.15) is 0 Å². The number of ether oxygens (including phenoxy) is 2. The predicted octanol–water partition coefficient (Wildman–Crippen LogP) is 4.04. The van der Waals surface area contributed by atoms with Crippen LogP contribution in [0.2, 0.25) is 0 Å². The van der Waals surface area contributed by atoms with Crippen LogP contribution in [0.25, 0.3) is 0 Å². The summed E-state index contributed by atoms with van der Waals surface area (Å²) in [5, 5.41) is 2.75. The minimum Gasteiger partial charge on any atom is -0.493 e. The lowest BCUT2D eigenvalue weighted by atomic mass is 10.1. The SMILES string of the molecule is COc1cc(C(C)=O)ccc1OCC(=O)Nc1cc(F)ccc1N1CCCCC1. The Bertz CT molecular complexity index is 894. The maximum atomic E-state index is 13.8. The van der Waals surface area contributed by atoms with Crippen molar-refractivity contribution in [3.05, 3.63) is 47.8 Å². The van der Waals surface area contributed by atoms with Gasteiger partial charge in [0.25, 0.3) is 5.91 Å². The quantitative estimate of drug-likeness (QED) is 0.711. The Morgan fingerprint density at radius 2 is 1.83 bits per heavy atom. The number of hydrogen-bond donors (Lipinski definition) is 1. The number of benzene rings is 2. The zero-order valence-corrected chi connectivity index (χ0v) is 16.7. The third kappa shape index (κ3) is 5.25. The molecule has 1 amide bonds. The molecule has 0 bridgehead atoms. The smallest absolute Gasteiger partial charge is 0.262 e. The molecule has 6 nitrogen and oxygen atoms in total. The second-order valence-corrected chi connectivity index (χ2v) is 6.97. The van der Waals surface area contributed by atoms with Crippen LogP contribution in [0.4, 0.5) is 15.8 Å². The Morgan fingerprint density at radius 1 is 1.07 bits per heavy atom. The van der Waals surface area contributed by atoms with Crippen molar-refractivity contribution in [1.82, 2.24) is 0 Å². The van der Waals surface area contributed by atoms with Gasteiger partial charge in [-0.3, -0.25) is 9.59 Å².